The summed E-state index contributed by atoms with van der Waals surface area (Å²) in [5.41, 5.74) is 2.88. The topological polar surface area (TPSA) is 21.3 Å². The van der Waals surface area contributed by atoms with Crippen molar-refractivity contribution in [2.45, 2.75) is 37.7 Å². The molecule has 1 aliphatic rings. The van der Waals surface area contributed by atoms with Crippen LogP contribution in [0.3, 0.4) is 0 Å². The monoisotopic (exact) mass is 299 g/mol. The summed E-state index contributed by atoms with van der Waals surface area (Å²) < 4.78 is 5.60. The Bertz CT molecular complexity index is 423. The molecule has 0 atom stereocenters. The predicted molar refractivity (Wildman–Crippen MR) is 83.5 cm³/mol. The molecule has 1 aliphatic heterocycles. The Hall–Kier alpha value is -0.220. The van der Waals surface area contributed by atoms with E-state index >= 15 is 0 Å². The van der Waals surface area contributed by atoms with Gasteiger partial charge in [-0.25, -0.2) is 0 Å². The van der Waals surface area contributed by atoms with Crippen molar-refractivity contribution in [3.63, 3.8) is 0 Å². The van der Waals surface area contributed by atoms with Crippen LogP contribution in [0.1, 0.15) is 25.0 Å². The maximum absolute atomic E-state index is 6.37. The number of rotatable bonds is 5. The lowest BCUT2D eigenvalue weighted by Gasteiger charge is -2.14. The molecule has 1 N–H and O–H groups in total. The highest BCUT2D eigenvalue weighted by Crippen LogP contribution is 2.34. The summed E-state index contributed by atoms with van der Waals surface area (Å²) in [5.74, 6) is 0.960. The molecule has 0 aliphatic carbocycles. The van der Waals surface area contributed by atoms with Gasteiger partial charge >= 0.3 is 0 Å². The van der Waals surface area contributed by atoms with Gasteiger partial charge in [0, 0.05) is 10.6 Å². The highest BCUT2D eigenvalue weighted by molar-refractivity contribution is 7.99. The van der Waals surface area contributed by atoms with Gasteiger partial charge in [-0.05, 0) is 57.0 Å². The van der Waals surface area contributed by atoms with Gasteiger partial charge in [0.05, 0.1) is 17.7 Å². The lowest BCUT2D eigenvalue weighted by atomic mass is 10.0. The molecule has 1 heterocycles. The van der Waals surface area contributed by atoms with E-state index in [2.05, 4.69) is 25.2 Å². The van der Waals surface area contributed by atoms with E-state index in [0.717, 1.165) is 43.3 Å². The third-order valence-electron chi connectivity index (χ3n) is 3.21. The molecule has 0 aromatic heterocycles. The Kier molecular flexibility index (Phi) is 6.02. The fourth-order valence-corrected chi connectivity index (χ4v) is 3.63. The number of hydrogen-bond donors (Lipinski definition) is 1. The molecule has 0 saturated carbocycles. The van der Waals surface area contributed by atoms with Gasteiger partial charge in [0.25, 0.3) is 0 Å². The van der Waals surface area contributed by atoms with Gasteiger partial charge in [0.2, 0.25) is 0 Å². The van der Waals surface area contributed by atoms with E-state index in [0.29, 0.717) is 6.10 Å². The molecule has 106 valence electrons. The van der Waals surface area contributed by atoms with Crippen LogP contribution >= 0.6 is 23.4 Å². The maximum Gasteiger partial charge on any atom is 0.0563 e. The smallest absolute Gasteiger partial charge is 0.0563 e. The van der Waals surface area contributed by atoms with Crippen molar-refractivity contribution in [1.82, 2.24) is 5.32 Å². The van der Waals surface area contributed by atoms with E-state index < -0.39 is 0 Å². The molecule has 1 aromatic carbocycles. The molecule has 0 amide bonds. The minimum Gasteiger partial charge on any atom is -0.378 e. The Morgan fingerprint density at radius 2 is 2.11 bits per heavy atom. The second kappa shape index (κ2) is 7.53. The number of ether oxygens (including phenoxy) is 1. The second-order valence-corrected chi connectivity index (χ2v) is 6.54. The van der Waals surface area contributed by atoms with E-state index in [9.17, 15) is 0 Å². The van der Waals surface area contributed by atoms with Gasteiger partial charge in [0.1, 0.15) is 0 Å². The highest BCUT2D eigenvalue weighted by atomic mass is 35.5. The van der Waals surface area contributed by atoms with Gasteiger partial charge in [-0.15, -0.1) is 11.8 Å². The number of halogens is 1. The summed E-state index contributed by atoms with van der Waals surface area (Å²) in [6, 6.07) is 4.22. The zero-order chi connectivity index (χ0) is 13.7. The molecule has 0 fully saturated rings. The molecule has 2 rings (SSSR count). The quantitative estimate of drug-likeness (QED) is 0.664. The summed E-state index contributed by atoms with van der Waals surface area (Å²) in [5, 5.41) is 4.33. The third-order valence-corrected chi connectivity index (χ3v) is 4.77. The van der Waals surface area contributed by atoms with Crippen molar-refractivity contribution in [1.29, 1.82) is 0 Å². The third kappa shape index (κ3) is 4.38. The standard InChI is InChI=1S/C15H22ClNOS/c1-11(2)18-9-10-19-15-13-6-8-17-7-5-12(13)3-4-14(15)16/h3-4,11,17H,5-10H2,1-2H3. The SMILES string of the molecule is CC(C)OCCSc1c(Cl)ccc2c1CCNCC2. The summed E-state index contributed by atoms with van der Waals surface area (Å²) in [7, 11) is 0. The molecule has 0 spiro atoms. The lowest BCUT2D eigenvalue weighted by molar-refractivity contribution is 0.0920. The largest absolute Gasteiger partial charge is 0.378 e. The Labute approximate surface area is 125 Å². The predicted octanol–water partition coefficient (Wildman–Crippen LogP) is 3.55. The number of thioether (sulfide) groups is 1. The zero-order valence-corrected chi connectivity index (χ0v) is 13.2. The van der Waals surface area contributed by atoms with E-state index in [1.807, 2.05) is 17.8 Å². The summed E-state index contributed by atoms with van der Waals surface area (Å²) in [6.07, 6.45) is 2.47. The van der Waals surface area contributed by atoms with Crippen LogP contribution in [-0.4, -0.2) is 31.6 Å². The lowest BCUT2D eigenvalue weighted by Crippen LogP contribution is -2.16. The minimum absolute atomic E-state index is 0.299. The van der Waals surface area contributed by atoms with E-state index in [1.54, 1.807) is 0 Å². The van der Waals surface area contributed by atoms with Crippen molar-refractivity contribution >= 4 is 23.4 Å². The molecule has 0 bridgehead atoms. The van der Waals surface area contributed by atoms with Crippen molar-refractivity contribution in [3.8, 4) is 0 Å². The first-order valence-corrected chi connectivity index (χ1v) is 8.30. The highest BCUT2D eigenvalue weighted by Gasteiger charge is 2.15. The van der Waals surface area contributed by atoms with Crippen molar-refractivity contribution < 1.29 is 4.74 Å². The Morgan fingerprint density at radius 3 is 2.89 bits per heavy atom. The van der Waals surface area contributed by atoms with Crippen LogP contribution in [0.25, 0.3) is 0 Å². The average molecular weight is 300 g/mol. The number of fused-ring (bicyclic) bond motifs is 1. The van der Waals surface area contributed by atoms with E-state index in [1.165, 1.54) is 16.0 Å². The van der Waals surface area contributed by atoms with Gasteiger partial charge < -0.3 is 10.1 Å². The van der Waals surface area contributed by atoms with Crippen molar-refractivity contribution in [2.24, 2.45) is 0 Å². The molecule has 2 nitrogen and oxygen atoms in total. The first kappa shape index (κ1) is 15.2. The van der Waals surface area contributed by atoms with Crippen LogP contribution in [0.15, 0.2) is 17.0 Å². The van der Waals surface area contributed by atoms with Crippen LogP contribution in [0.5, 0.6) is 0 Å². The van der Waals surface area contributed by atoms with Gasteiger partial charge in [-0.1, -0.05) is 17.7 Å². The summed E-state index contributed by atoms with van der Waals surface area (Å²) in [6.45, 7) is 7.02. The average Bonchev–Trinajstić information content (AvgIpc) is 2.61. The second-order valence-electron chi connectivity index (χ2n) is 5.03. The molecule has 19 heavy (non-hydrogen) atoms. The van der Waals surface area contributed by atoms with Crippen LogP contribution in [0, 0.1) is 0 Å². The van der Waals surface area contributed by atoms with E-state index in [-0.39, 0.29) is 0 Å². The zero-order valence-electron chi connectivity index (χ0n) is 11.7. The molecular weight excluding hydrogens is 278 g/mol. The van der Waals surface area contributed by atoms with Gasteiger partial charge in [0.15, 0.2) is 0 Å². The molecule has 0 unspecified atom stereocenters. The molecule has 4 heteroatoms. The molecular formula is C15H22ClNOS. The van der Waals surface area contributed by atoms with Crippen molar-refractivity contribution in [2.75, 3.05) is 25.4 Å². The maximum atomic E-state index is 6.37. The van der Waals surface area contributed by atoms with E-state index in [4.69, 9.17) is 16.3 Å². The van der Waals surface area contributed by atoms with Gasteiger partial charge in [-0.3, -0.25) is 0 Å². The van der Waals surface area contributed by atoms with Crippen molar-refractivity contribution in [3.05, 3.63) is 28.3 Å². The fourth-order valence-electron chi connectivity index (χ4n) is 2.29. The Balaban J connectivity index is 2.06. The van der Waals surface area contributed by atoms with Crippen LogP contribution in [-0.2, 0) is 17.6 Å². The summed E-state index contributed by atoms with van der Waals surface area (Å²) in [4.78, 5) is 1.26. The number of nitrogens with one attached hydrogen (secondary N) is 1. The normalized spacial score (nSPS) is 15.4. The molecule has 1 aromatic rings. The number of benzene rings is 1. The van der Waals surface area contributed by atoms with Crippen LogP contribution < -0.4 is 5.32 Å². The first-order chi connectivity index (χ1) is 9.18. The first-order valence-electron chi connectivity index (χ1n) is 6.94. The summed E-state index contributed by atoms with van der Waals surface area (Å²) >= 11 is 8.20. The Morgan fingerprint density at radius 1 is 1.32 bits per heavy atom. The molecule has 0 radical (unpaired) electrons. The number of hydrogen-bond acceptors (Lipinski definition) is 3. The minimum atomic E-state index is 0.299. The molecule has 0 saturated heterocycles. The van der Waals surface area contributed by atoms with Crippen LogP contribution in [0.2, 0.25) is 5.02 Å². The van der Waals surface area contributed by atoms with Crippen LogP contribution in [0.4, 0.5) is 0 Å². The van der Waals surface area contributed by atoms with Gasteiger partial charge in [-0.2, -0.15) is 0 Å². The fraction of sp³-hybridized carbons (Fsp3) is 0.600.